The molecular formula is C29H50O. The molecule has 4 rings (SSSR count). The highest BCUT2D eigenvalue weighted by Crippen LogP contribution is 2.67. The van der Waals surface area contributed by atoms with Crippen molar-refractivity contribution in [3.63, 3.8) is 0 Å². The van der Waals surface area contributed by atoms with Crippen molar-refractivity contribution >= 4 is 0 Å². The van der Waals surface area contributed by atoms with E-state index in [1.165, 1.54) is 64.2 Å². The Hall–Kier alpha value is -0.300. The minimum Gasteiger partial charge on any atom is -0.389 e. The smallest absolute Gasteiger partial charge is 0.0724 e. The van der Waals surface area contributed by atoms with Gasteiger partial charge in [0, 0.05) is 0 Å². The van der Waals surface area contributed by atoms with E-state index in [4.69, 9.17) is 0 Å². The molecule has 4 aliphatic carbocycles. The molecular weight excluding hydrogens is 364 g/mol. The molecule has 3 saturated carbocycles. The fourth-order valence-electron chi connectivity index (χ4n) is 9.37. The number of allylic oxidation sites excluding steroid dienone is 1. The molecule has 30 heavy (non-hydrogen) atoms. The molecule has 0 aromatic carbocycles. The first-order valence-corrected chi connectivity index (χ1v) is 13.6. The second-order valence-corrected chi connectivity index (χ2v) is 12.8. The van der Waals surface area contributed by atoms with Crippen LogP contribution in [0, 0.1) is 52.3 Å². The molecule has 9 atom stereocenters. The predicted molar refractivity (Wildman–Crippen MR) is 128 cm³/mol. The summed E-state index contributed by atoms with van der Waals surface area (Å²) in [6.45, 7) is 15.1. The zero-order chi connectivity index (χ0) is 21.7. The van der Waals surface area contributed by atoms with E-state index in [1.54, 1.807) is 5.57 Å². The molecule has 0 amide bonds. The first-order valence-electron chi connectivity index (χ1n) is 13.6. The Morgan fingerprint density at radius 1 is 0.967 bits per heavy atom. The lowest BCUT2D eigenvalue weighted by atomic mass is 9.46. The molecule has 1 heteroatoms. The monoisotopic (exact) mass is 414 g/mol. The Kier molecular flexibility index (Phi) is 6.53. The SMILES string of the molecule is CC[C@H](CC[C@@H](C)[C@H]1CC[C@H]2[C@@H]3CCC4=C[C@@H](O)CC[C@]4(C)[C@H]3CC[C@]12C)C(C)C. The van der Waals surface area contributed by atoms with E-state index in [1.807, 2.05) is 0 Å². The second-order valence-electron chi connectivity index (χ2n) is 12.8. The molecule has 0 bridgehead atoms. The van der Waals surface area contributed by atoms with Crippen LogP contribution in [0.25, 0.3) is 0 Å². The van der Waals surface area contributed by atoms with Crippen molar-refractivity contribution in [2.24, 2.45) is 52.3 Å². The van der Waals surface area contributed by atoms with E-state index < -0.39 is 0 Å². The number of rotatable bonds is 6. The molecule has 0 aliphatic heterocycles. The molecule has 0 saturated heterocycles. The van der Waals surface area contributed by atoms with Crippen LogP contribution in [0.15, 0.2) is 11.6 Å². The lowest BCUT2D eigenvalue weighted by Gasteiger charge is -2.59. The fourth-order valence-corrected chi connectivity index (χ4v) is 9.37. The highest BCUT2D eigenvalue weighted by molar-refractivity contribution is 5.25. The highest BCUT2D eigenvalue weighted by atomic mass is 16.3. The predicted octanol–water partition coefficient (Wildman–Crippen LogP) is 8.02. The fraction of sp³-hybridized carbons (Fsp3) is 0.931. The minimum atomic E-state index is -0.173. The molecule has 0 spiro atoms. The van der Waals surface area contributed by atoms with Gasteiger partial charge in [-0.15, -0.1) is 0 Å². The van der Waals surface area contributed by atoms with Gasteiger partial charge in [-0.1, -0.05) is 66.0 Å². The maximum Gasteiger partial charge on any atom is 0.0724 e. The van der Waals surface area contributed by atoms with Gasteiger partial charge in [-0.2, -0.15) is 0 Å². The first kappa shape index (κ1) is 22.9. The van der Waals surface area contributed by atoms with Crippen LogP contribution in [-0.4, -0.2) is 11.2 Å². The summed E-state index contributed by atoms with van der Waals surface area (Å²) in [7, 11) is 0. The van der Waals surface area contributed by atoms with Gasteiger partial charge in [0.05, 0.1) is 6.10 Å². The molecule has 0 radical (unpaired) electrons. The van der Waals surface area contributed by atoms with Crippen LogP contribution >= 0.6 is 0 Å². The van der Waals surface area contributed by atoms with Crippen molar-refractivity contribution in [1.82, 2.24) is 0 Å². The van der Waals surface area contributed by atoms with Crippen LogP contribution in [-0.2, 0) is 0 Å². The van der Waals surface area contributed by atoms with E-state index in [0.29, 0.717) is 10.8 Å². The third kappa shape index (κ3) is 3.74. The van der Waals surface area contributed by atoms with Gasteiger partial charge in [0.15, 0.2) is 0 Å². The number of aliphatic hydroxyl groups is 1. The van der Waals surface area contributed by atoms with E-state index in [2.05, 4.69) is 47.6 Å². The van der Waals surface area contributed by atoms with E-state index >= 15 is 0 Å². The first-order chi connectivity index (χ1) is 14.2. The van der Waals surface area contributed by atoms with Crippen molar-refractivity contribution in [3.8, 4) is 0 Å². The Morgan fingerprint density at radius 3 is 2.43 bits per heavy atom. The minimum absolute atomic E-state index is 0.173. The van der Waals surface area contributed by atoms with Crippen molar-refractivity contribution in [2.45, 2.75) is 118 Å². The highest BCUT2D eigenvalue weighted by Gasteiger charge is 2.59. The molecule has 1 N–H and O–H groups in total. The summed E-state index contributed by atoms with van der Waals surface area (Å²) in [5.74, 6) is 6.37. The van der Waals surface area contributed by atoms with Gasteiger partial charge < -0.3 is 5.11 Å². The average molecular weight is 415 g/mol. The Morgan fingerprint density at radius 2 is 1.73 bits per heavy atom. The standard InChI is InChI=1S/C29H50O/c1-7-21(19(2)3)9-8-20(4)25-12-13-26-24-11-10-22-18-23(30)14-16-28(22,5)27(24)15-17-29(25,26)6/h18-21,23-27,30H,7-17H2,1-6H3/t20-,21-,23+,24+,25-,26+,27+,28+,29-/m1/s1. The van der Waals surface area contributed by atoms with Crippen LogP contribution in [0.5, 0.6) is 0 Å². The van der Waals surface area contributed by atoms with E-state index in [9.17, 15) is 5.11 Å². The van der Waals surface area contributed by atoms with Gasteiger partial charge in [-0.05, 0) is 110 Å². The normalized spacial score (nSPS) is 45.3. The third-order valence-electron chi connectivity index (χ3n) is 11.3. The quantitative estimate of drug-likeness (QED) is 0.436. The Balaban J connectivity index is 1.47. The van der Waals surface area contributed by atoms with Crippen molar-refractivity contribution < 1.29 is 5.11 Å². The van der Waals surface area contributed by atoms with Gasteiger partial charge in [0.2, 0.25) is 0 Å². The molecule has 1 nitrogen and oxygen atoms in total. The Bertz CT molecular complexity index is 634. The van der Waals surface area contributed by atoms with Gasteiger partial charge in [-0.25, -0.2) is 0 Å². The van der Waals surface area contributed by atoms with Crippen molar-refractivity contribution in [2.75, 3.05) is 0 Å². The topological polar surface area (TPSA) is 20.2 Å². The Labute approximate surface area is 187 Å². The summed E-state index contributed by atoms with van der Waals surface area (Å²) >= 11 is 0. The van der Waals surface area contributed by atoms with Crippen LogP contribution in [0.1, 0.15) is 112 Å². The zero-order valence-electron chi connectivity index (χ0n) is 20.9. The molecule has 4 aliphatic rings. The van der Waals surface area contributed by atoms with Crippen LogP contribution in [0.4, 0.5) is 0 Å². The number of fused-ring (bicyclic) bond motifs is 5. The molecule has 172 valence electrons. The lowest BCUT2D eigenvalue weighted by molar-refractivity contribution is -0.0629. The lowest BCUT2D eigenvalue weighted by Crippen LogP contribution is -2.51. The largest absolute Gasteiger partial charge is 0.389 e. The molecule has 0 aromatic rings. The van der Waals surface area contributed by atoms with Gasteiger partial charge >= 0.3 is 0 Å². The summed E-state index contributed by atoms with van der Waals surface area (Å²) in [5.41, 5.74) is 2.60. The number of hydrogen-bond donors (Lipinski definition) is 1. The summed E-state index contributed by atoms with van der Waals surface area (Å²) in [6, 6.07) is 0. The van der Waals surface area contributed by atoms with E-state index in [-0.39, 0.29) is 6.10 Å². The average Bonchev–Trinajstić information content (AvgIpc) is 3.06. The summed E-state index contributed by atoms with van der Waals surface area (Å²) in [5, 5.41) is 10.2. The van der Waals surface area contributed by atoms with Crippen LogP contribution < -0.4 is 0 Å². The summed E-state index contributed by atoms with van der Waals surface area (Å²) < 4.78 is 0. The number of aliphatic hydroxyl groups excluding tert-OH is 1. The third-order valence-corrected chi connectivity index (χ3v) is 11.3. The molecule has 0 aromatic heterocycles. The van der Waals surface area contributed by atoms with Crippen molar-refractivity contribution in [1.29, 1.82) is 0 Å². The molecule has 0 unspecified atom stereocenters. The molecule has 3 fully saturated rings. The summed E-state index contributed by atoms with van der Waals surface area (Å²) in [4.78, 5) is 0. The maximum absolute atomic E-state index is 10.2. The second kappa shape index (κ2) is 8.57. The van der Waals surface area contributed by atoms with Gasteiger partial charge in [0.1, 0.15) is 0 Å². The maximum atomic E-state index is 10.2. The summed E-state index contributed by atoms with van der Waals surface area (Å²) in [6.07, 6.45) is 17.1. The van der Waals surface area contributed by atoms with Gasteiger partial charge in [0.25, 0.3) is 0 Å². The van der Waals surface area contributed by atoms with Crippen LogP contribution in [0.3, 0.4) is 0 Å². The van der Waals surface area contributed by atoms with E-state index in [0.717, 1.165) is 47.8 Å². The van der Waals surface area contributed by atoms with Crippen molar-refractivity contribution in [3.05, 3.63) is 11.6 Å². The number of hydrogen-bond acceptors (Lipinski definition) is 1. The van der Waals surface area contributed by atoms with Gasteiger partial charge in [-0.3, -0.25) is 0 Å². The van der Waals surface area contributed by atoms with Crippen LogP contribution in [0.2, 0.25) is 0 Å². The zero-order valence-corrected chi connectivity index (χ0v) is 20.9. The molecule has 0 heterocycles.